The van der Waals surface area contributed by atoms with E-state index in [9.17, 15) is 15.0 Å². The molecule has 1 aliphatic heterocycles. The Balaban J connectivity index is 1.50. The van der Waals surface area contributed by atoms with Crippen LogP contribution in [0.3, 0.4) is 0 Å². The predicted molar refractivity (Wildman–Crippen MR) is 86.6 cm³/mol. The van der Waals surface area contributed by atoms with Crippen LogP contribution in [0.15, 0.2) is 41.5 Å². The highest BCUT2D eigenvalue weighted by atomic mass is 16.7. The molecular weight excluding hydrogens is 314 g/mol. The minimum atomic E-state index is -0.359. The Morgan fingerprint density at radius 2 is 2.00 bits per heavy atom. The molecule has 0 aromatic heterocycles. The first kappa shape index (κ1) is 15.5. The molecule has 4 N–H and O–H groups in total. The van der Waals surface area contributed by atoms with Crippen molar-refractivity contribution in [3.05, 3.63) is 42.0 Å². The number of ether oxygens (including phenoxy) is 2. The monoisotopic (exact) mass is 329 g/mol. The minimum absolute atomic E-state index is 0.0124. The molecule has 0 saturated carbocycles. The average Bonchev–Trinajstić information content (AvgIpc) is 3.02. The van der Waals surface area contributed by atoms with E-state index in [0.717, 1.165) is 5.69 Å². The summed E-state index contributed by atoms with van der Waals surface area (Å²) in [6, 6.07) is 9.35. The number of phenolic OH excluding ortho intramolecular Hbond substituents is 2. The van der Waals surface area contributed by atoms with E-state index in [2.05, 4.69) is 15.8 Å². The number of hydrogen-bond acceptors (Lipinski definition) is 7. The number of hydrogen-bond donors (Lipinski definition) is 4. The number of anilines is 1. The Bertz CT molecular complexity index is 791. The van der Waals surface area contributed by atoms with Crippen molar-refractivity contribution in [3.8, 4) is 23.0 Å². The molecule has 0 spiro atoms. The van der Waals surface area contributed by atoms with Gasteiger partial charge in [-0.15, -0.1) is 0 Å². The summed E-state index contributed by atoms with van der Waals surface area (Å²) < 4.78 is 10.5. The van der Waals surface area contributed by atoms with Crippen molar-refractivity contribution in [2.45, 2.75) is 0 Å². The van der Waals surface area contributed by atoms with Gasteiger partial charge in [-0.05, 0) is 24.3 Å². The van der Waals surface area contributed by atoms with Crippen LogP contribution >= 0.6 is 0 Å². The van der Waals surface area contributed by atoms with Gasteiger partial charge in [0.05, 0.1) is 12.8 Å². The molecule has 1 amide bonds. The van der Waals surface area contributed by atoms with Crippen molar-refractivity contribution in [1.82, 2.24) is 5.43 Å². The van der Waals surface area contributed by atoms with Gasteiger partial charge in [0.2, 0.25) is 6.79 Å². The van der Waals surface area contributed by atoms with Crippen molar-refractivity contribution < 1.29 is 24.5 Å². The maximum atomic E-state index is 11.7. The molecular formula is C16H15N3O5. The maximum Gasteiger partial charge on any atom is 0.259 e. The second kappa shape index (κ2) is 6.78. The van der Waals surface area contributed by atoms with E-state index in [1.54, 1.807) is 18.2 Å². The van der Waals surface area contributed by atoms with Gasteiger partial charge in [0, 0.05) is 23.4 Å². The zero-order valence-corrected chi connectivity index (χ0v) is 12.5. The summed E-state index contributed by atoms with van der Waals surface area (Å²) in [5.74, 6) is 0.750. The third kappa shape index (κ3) is 3.67. The molecule has 1 aliphatic rings. The fraction of sp³-hybridized carbons (Fsp3) is 0.125. The highest BCUT2D eigenvalue weighted by Crippen LogP contribution is 2.34. The molecule has 0 atom stereocenters. The second-order valence-corrected chi connectivity index (χ2v) is 4.96. The van der Waals surface area contributed by atoms with Crippen LogP contribution < -0.4 is 20.2 Å². The Morgan fingerprint density at radius 1 is 1.17 bits per heavy atom. The van der Waals surface area contributed by atoms with Crippen LogP contribution in [-0.4, -0.2) is 35.7 Å². The lowest BCUT2D eigenvalue weighted by Crippen LogP contribution is -2.25. The van der Waals surface area contributed by atoms with Crippen LogP contribution in [0.2, 0.25) is 0 Å². The zero-order valence-electron chi connectivity index (χ0n) is 12.5. The van der Waals surface area contributed by atoms with Gasteiger partial charge in [-0.1, -0.05) is 0 Å². The smallest absolute Gasteiger partial charge is 0.259 e. The number of rotatable bonds is 5. The molecule has 0 fully saturated rings. The third-order valence-corrected chi connectivity index (χ3v) is 3.23. The Labute approximate surface area is 137 Å². The summed E-state index contributed by atoms with van der Waals surface area (Å²) in [7, 11) is 0. The van der Waals surface area contributed by atoms with Crippen LogP contribution in [0.25, 0.3) is 0 Å². The van der Waals surface area contributed by atoms with Gasteiger partial charge in [-0.2, -0.15) is 5.10 Å². The Morgan fingerprint density at radius 3 is 2.83 bits per heavy atom. The topological polar surface area (TPSA) is 112 Å². The van der Waals surface area contributed by atoms with Gasteiger partial charge in [0.1, 0.15) is 11.5 Å². The first-order chi connectivity index (χ1) is 11.6. The van der Waals surface area contributed by atoms with E-state index >= 15 is 0 Å². The quantitative estimate of drug-likeness (QED) is 0.487. The summed E-state index contributed by atoms with van der Waals surface area (Å²) in [5, 5.41) is 25.5. The van der Waals surface area contributed by atoms with Crippen LogP contribution in [0, 0.1) is 0 Å². The molecule has 8 heteroatoms. The molecule has 2 aromatic carbocycles. The number of nitrogens with zero attached hydrogens (tertiary/aromatic N) is 1. The number of benzene rings is 2. The van der Waals surface area contributed by atoms with Gasteiger partial charge in [0.15, 0.2) is 11.5 Å². The zero-order chi connectivity index (χ0) is 16.9. The highest BCUT2D eigenvalue weighted by molar-refractivity contribution is 5.86. The number of aromatic hydroxyl groups is 2. The van der Waals surface area contributed by atoms with Crippen molar-refractivity contribution in [2.24, 2.45) is 5.10 Å². The summed E-state index contributed by atoms with van der Waals surface area (Å²) in [6.45, 7) is 0.205. The van der Waals surface area contributed by atoms with E-state index in [1.165, 1.54) is 24.4 Å². The maximum absolute atomic E-state index is 11.7. The minimum Gasteiger partial charge on any atom is -0.508 e. The van der Waals surface area contributed by atoms with Crippen molar-refractivity contribution in [1.29, 1.82) is 0 Å². The van der Waals surface area contributed by atoms with Crippen LogP contribution in [0.5, 0.6) is 23.0 Å². The molecule has 124 valence electrons. The molecule has 2 aromatic rings. The highest BCUT2D eigenvalue weighted by Gasteiger charge is 2.13. The summed E-state index contributed by atoms with van der Waals surface area (Å²) in [5.41, 5.74) is 3.42. The fourth-order valence-corrected chi connectivity index (χ4v) is 2.04. The van der Waals surface area contributed by atoms with E-state index in [4.69, 9.17) is 9.47 Å². The summed E-state index contributed by atoms with van der Waals surface area (Å²) in [6.07, 6.45) is 1.28. The SMILES string of the molecule is O=C(CNc1ccc2c(c1)OCO2)N/N=C\c1ccc(O)cc1O. The summed E-state index contributed by atoms with van der Waals surface area (Å²) >= 11 is 0. The number of nitrogens with one attached hydrogen (secondary N) is 2. The lowest BCUT2D eigenvalue weighted by atomic mass is 10.2. The molecule has 0 aliphatic carbocycles. The standard InChI is InChI=1S/C16H15N3O5/c20-12-3-1-10(13(21)6-12)7-18-19-16(22)8-17-11-2-4-14-15(5-11)24-9-23-14/h1-7,17,20-21H,8-9H2,(H,19,22)/b18-7-. The fourth-order valence-electron chi connectivity index (χ4n) is 2.04. The van der Waals surface area contributed by atoms with E-state index < -0.39 is 0 Å². The van der Waals surface area contributed by atoms with Gasteiger partial charge >= 0.3 is 0 Å². The number of fused-ring (bicyclic) bond motifs is 1. The van der Waals surface area contributed by atoms with Crippen LogP contribution in [-0.2, 0) is 4.79 Å². The number of phenols is 2. The van der Waals surface area contributed by atoms with Gasteiger partial charge in [-0.3, -0.25) is 4.79 Å². The lowest BCUT2D eigenvalue weighted by Gasteiger charge is -2.06. The third-order valence-electron chi connectivity index (χ3n) is 3.23. The van der Waals surface area contributed by atoms with Crippen molar-refractivity contribution >= 4 is 17.8 Å². The molecule has 3 rings (SSSR count). The molecule has 0 unspecified atom stereocenters. The van der Waals surface area contributed by atoms with Crippen molar-refractivity contribution in [3.63, 3.8) is 0 Å². The Kier molecular flexibility index (Phi) is 4.37. The average molecular weight is 329 g/mol. The molecule has 8 nitrogen and oxygen atoms in total. The predicted octanol–water partition coefficient (Wildman–Crippen LogP) is 1.39. The van der Waals surface area contributed by atoms with Gasteiger partial charge < -0.3 is 25.0 Å². The van der Waals surface area contributed by atoms with E-state index in [-0.39, 0.29) is 30.7 Å². The van der Waals surface area contributed by atoms with Crippen molar-refractivity contribution in [2.75, 3.05) is 18.7 Å². The first-order valence-electron chi connectivity index (χ1n) is 7.09. The molecule has 1 heterocycles. The van der Waals surface area contributed by atoms with E-state index in [0.29, 0.717) is 17.1 Å². The number of amides is 1. The lowest BCUT2D eigenvalue weighted by molar-refractivity contribution is -0.119. The normalized spacial score (nSPS) is 12.3. The summed E-state index contributed by atoms with van der Waals surface area (Å²) in [4.78, 5) is 11.7. The second-order valence-electron chi connectivity index (χ2n) is 4.96. The molecule has 24 heavy (non-hydrogen) atoms. The van der Waals surface area contributed by atoms with Gasteiger partial charge in [0.25, 0.3) is 5.91 Å². The van der Waals surface area contributed by atoms with Crippen LogP contribution in [0.4, 0.5) is 5.69 Å². The van der Waals surface area contributed by atoms with Gasteiger partial charge in [-0.25, -0.2) is 5.43 Å². The molecule has 0 saturated heterocycles. The van der Waals surface area contributed by atoms with Crippen LogP contribution in [0.1, 0.15) is 5.56 Å². The van der Waals surface area contributed by atoms with E-state index in [1.807, 2.05) is 0 Å². The largest absolute Gasteiger partial charge is 0.508 e. The number of hydrazone groups is 1. The first-order valence-corrected chi connectivity index (χ1v) is 7.09. The number of carbonyl (C=O) groups is 1. The Hall–Kier alpha value is -3.42. The molecule has 0 bridgehead atoms. The molecule has 0 radical (unpaired) electrons. The number of carbonyl (C=O) groups excluding carboxylic acids is 1.